The van der Waals surface area contributed by atoms with Gasteiger partial charge in [-0.2, -0.15) is 0 Å². The first-order chi connectivity index (χ1) is 9.31. The Bertz CT molecular complexity index is 459. The number of rotatable bonds is 8. The minimum absolute atomic E-state index is 0.277. The molecule has 1 unspecified atom stereocenters. The quantitative estimate of drug-likeness (QED) is 0.604. The van der Waals surface area contributed by atoms with Crippen LogP contribution in [0.2, 0.25) is 0 Å². The van der Waals surface area contributed by atoms with E-state index in [-0.39, 0.29) is 6.10 Å². The van der Waals surface area contributed by atoms with Crippen LogP contribution in [0.1, 0.15) is 56.4 Å². The highest BCUT2D eigenvalue weighted by Gasteiger charge is 2.11. The van der Waals surface area contributed by atoms with Gasteiger partial charge in [-0.15, -0.1) is 22.7 Å². The summed E-state index contributed by atoms with van der Waals surface area (Å²) >= 11 is 3.48. The Morgan fingerprint density at radius 2 is 1.89 bits per heavy atom. The second kappa shape index (κ2) is 7.83. The first kappa shape index (κ1) is 14.8. The van der Waals surface area contributed by atoms with Crippen LogP contribution in [0.5, 0.6) is 0 Å². The molecule has 2 aromatic heterocycles. The van der Waals surface area contributed by atoms with Crippen molar-refractivity contribution in [2.45, 2.75) is 51.6 Å². The summed E-state index contributed by atoms with van der Waals surface area (Å²) in [5.41, 5.74) is 0. The molecule has 104 valence electrons. The van der Waals surface area contributed by atoms with Gasteiger partial charge < -0.3 is 5.11 Å². The number of unbranched alkanes of at least 4 members (excludes halogenated alkanes) is 4. The second-order valence-corrected chi connectivity index (χ2v) is 6.96. The molecule has 0 spiro atoms. The first-order valence-electron chi connectivity index (χ1n) is 7.13. The summed E-state index contributed by atoms with van der Waals surface area (Å²) in [4.78, 5) is 3.68. The summed E-state index contributed by atoms with van der Waals surface area (Å²) in [5.74, 6) is 0. The smallest absolute Gasteiger partial charge is 0.0882 e. The van der Waals surface area contributed by atoms with E-state index in [9.17, 15) is 5.11 Å². The third kappa shape index (κ3) is 4.44. The molecule has 0 saturated heterocycles. The molecule has 0 fully saturated rings. The van der Waals surface area contributed by atoms with Gasteiger partial charge in [0.1, 0.15) is 0 Å². The third-order valence-electron chi connectivity index (χ3n) is 3.30. The van der Waals surface area contributed by atoms with Crippen molar-refractivity contribution in [1.29, 1.82) is 0 Å². The van der Waals surface area contributed by atoms with Crippen LogP contribution < -0.4 is 0 Å². The largest absolute Gasteiger partial charge is 0.388 e. The summed E-state index contributed by atoms with van der Waals surface area (Å²) in [6.07, 6.45) is 6.89. The predicted molar refractivity (Wildman–Crippen MR) is 86.0 cm³/mol. The molecule has 1 N–H and O–H groups in total. The first-order valence-corrected chi connectivity index (χ1v) is 8.82. The van der Waals surface area contributed by atoms with E-state index in [1.54, 1.807) is 22.7 Å². The standard InChI is InChI=1S/C16H22OS2/c1-2-3-4-5-6-8-13(17)14-10-11-16(19-14)15-9-7-12-18-15/h7,9-13,17H,2-6,8H2,1H3. The fourth-order valence-corrected chi connectivity index (χ4v) is 4.03. The zero-order valence-corrected chi connectivity index (χ0v) is 13.1. The van der Waals surface area contributed by atoms with Gasteiger partial charge in [0.2, 0.25) is 0 Å². The van der Waals surface area contributed by atoms with E-state index in [1.165, 1.54) is 35.4 Å². The topological polar surface area (TPSA) is 20.2 Å². The molecule has 0 saturated carbocycles. The van der Waals surface area contributed by atoms with Crippen molar-refractivity contribution in [2.24, 2.45) is 0 Å². The van der Waals surface area contributed by atoms with Crippen LogP contribution in [0.4, 0.5) is 0 Å². The molecule has 19 heavy (non-hydrogen) atoms. The van der Waals surface area contributed by atoms with Crippen LogP contribution in [0.3, 0.4) is 0 Å². The molecule has 0 aliphatic heterocycles. The molecule has 1 nitrogen and oxygen atoms in total. The van der Waals surface area contributed by atoms with Gasteiger partial charge in [0, 0.05) is 14.6 Å². The Balaban J connectivity index is 1.81. The molecule has 0 radical (unpaired) electrons. The summed E-state index contributed by atoms with van der Waals surface area (Å²) < 4.78 is 0. The van der Waals surface area contributed by atoms with Gasteiger partial charge in [0.05, 0.1) is 6.10 Å². The molecule has 0 aliphatic rings. The fraction of sp³-hybridized carbons (Fsp3) is 0.500. The Morgan fingerprint density at radius 3 is 2.63 bits per heavy atom. The molecular weight excluding hydrogens is 272 g/mol. The fourth-order valence-electron chi connectivity index (χ4n) is 2.17. The summed E-state index contributed by atoms with van der Waals surface area (Å²) in [5, 5.41) is 12.3. The van der Waals surface area contributed by atoms with Gasteiger partial charge >= 0.3 is 0 Å². The summed E-state index contributed by atoms with van der Waals surface area (Å²) in [6, 6.07) is 8.42. The minimum atomic E-state index is -0.277. The maximum absolute atomic E-state index is 10.2. The lowest BCUT2D eigenvalue weighted by atomic mass is 10.1. The van der Waals surface area contributed by atoms with Gasteiger partial charge in [0.15, 0.2) is 0 Å². The number of hydrogen-bond acceptors (Lipinski definition) is 3. The lowest BCUT2D eigenvalue weighted by molar-refractivity contribution is 0.167. The molecule has 0 bridgehead atoms. The second-order valence-electron chi connectivity index (χ2n) is 4.90. The normalized spacial score (nSPS) is 12.7. The lowest BCUT2D eigenvalue weighted by Gasteiger charge is -2.07. The maximum Gasteiger partial charge on any atom is 0.0882 e. The van der Waals surface area contributed by atoms with E-state index in [2.05, 4.69) is 36.6 Å². The van der Waals surface area contributed by atoms with Crippen molar-refractivity contribution >= 4 is 22.7 Å². The van der Waals surface area contributed by atoms with Gasteiger partial charge in [-0.05, 0) is 30.0 Å². The Morgan fingerprint density at radius 1 is 1.05 bits per heavy atom. The predicted octanol–water partition coefficient (Wildman–Crippen LogP) is 5.87. The van der Waals surface area contributed by atoms with E-state index < -0.39 is 0 Å². The molecule has 0 aliphatic carbocycles. The van der Waals surface area contributed by atoms with E-state index >= 15 is 0 Å². The van der Waals surface area contributed by atoms with Gasteiger partial charge in [-0.25, -0.2) is 0 Å². The van der Waals surface area contributed by atoms with Crippen molar-refractivity contribution in [3.05, 3.63) is 34.5 Å². The summed E-state index contributed by atoms with van der Waals surface area (Å²) in [7, 11) is 0. The zero-order valence-electron chi connectivity index (χ0n) is 11.5. The van der Waals surface area contributed by atoms with Crippen molar-refractivity contribution in [3.8, 4) is 9.75 Å². The number of hydrogen-bond donors (Lipinski definition) is 1. The molecule has 0 amide bonds. The van der Waals surface area contributed by atoms with Crippen LogP contribution in [0, 0.1) is 0 Å². The average molecular weight is 294 g/mol. The number of thiophene rings is 2. The van der Waals surface area contributed by atoms with Crippen molar-refractivity contribution in [1.82, 2.24) is 0 Å². The lowest BCUT2D eigenvalue weighted by Crippen LogP contribution is -1.94. The monoisotopic (exact) mass is 294 g/mol. The minimum Gasteiger partial charge on any atom is -0.388 e. The number of aliphatic hydroxyl groups is 1. The maximum atomic E-state index is 10.2. The summed E-state index contributed by atoms with van der Waals surface area (Å²) in [6.45, 7) is 2.23. The molecule has 1 atom stereocenters. The molecule has 2 aromatic rings. The van der Waals surface area contributed by atoms with Crippen LogP contribution in [-0.4, -0.2) is 5.11 Å². The van der Waals surface area contributed by atoms with E-state index in [1.807, 2.05) is 0 Å². The third-order valence-corrected chi connectivity index (χ3v) is 5.55. The van der Waals surface area contributed by atoms with Gasteiger partial charge in [0.25, 0.3) is 0 Å². The highest BCUT2D eigenvalue weighted by molar-refractivity contribution is 7.21. The molecule has 0 aromatic carbocycles. The van der Waals surface area contributed by atoms with E-state index in [0.717, 1.165) is 17.7 Å². The Hall–Kier alpha value is -0.640. The molecule has 2 heterocycles. The van der Waals surface area contributed by atoms with E-state index in [4.69, 9.17) is 0 Å². The highest BCUT2D eigenvalue weighted by Crippen LogP contribution is 2.35. The van der Waals surface area contributed by atoms with Crippen molar-refractivity contribution < 1.29 is 5.11 Å². The Labute approximate surface area is 123 Å². The highest BCUT2D eigenvalue weighted by atomic mass is 32.1. The van der Waals surface area contributed by atoms with Gasteiger partial charge in [-0.3, -0.25) is 0 Å². The molecule has 2 rings (SSSR count). The van der Waals surface area contributed by atoms with Crippen LogP contribution in [0.25, 0.3) is 9.75 Å². The molecule has 3 heteroatoms. The van der Waals surface area contributed by atoms with Crippen LogP contribution >= 0.6 is 22.7 Å². The zero-order chi connectivity index (χ0) is 13.5. The van der Waals surface area contributed by atoms with Crippen molar-refractivity contribution in [3.63, 3.8) is 0 Å². The average Bonchev–Trinajstić information content (AvgIpc) is 3.08. The van der Waals surface area contributed by atoms with Crippen LogP contribution in [0.15, 0.2) is 29.6 Å². The Kier molecular flexibility index (Phi) is 6.08. The SMILES string of the molecule is CCCCCCCC(O)c1ccc(-c2cccs2)s1. The molecular formula is C16H22OS2. The number of aliphatic hydroxyl groups excluding tert-OH is 1. The van der Waals surface area contributed by atoms with Crippen molar-refractivity contribution in [2.75, 3.05) is 0 Å². The van der Waals surface area contributed by atoms with Crippen LogP contribution in [-0.2, 0) is 0 Å². The van der Waals surface area contributed by atoms with Gasteiger partial charge in [-0.1, -0.05) is 45.1 Å². The van der Waals surface area contributed by atoms with E-state index in [0.29, 0.717) is 0 Å².